The molecule has 1 aromatic carbocycles. The Kier molecular flexibility index (Phi) is 6.40. The van der Waals surface area contributed by atoms with Crippen LogP contribution in [-0.4, -0.2) is 43.0 Å². The number of rotatable bonds is 6. The summed E-state index contributed by atoms with van der Waals surface area (Å²) in [6, 6.07) is 6.64. The molecule has 0 atom stereocenters. The Labute approximate surface area is 134 Å². The number of piperidine rings is 1. The van der Waals surface area contributed by atoms with Crippen LogP contribution < -0.4 is 10.6 Å². The van der Waals surface area contributed by atoms with Crippen LogP contribution >= 0.6 is 0 Å². The molecule has 4 heteroatoms. The molecule has 1 aliphatic heterocycles. The zero-order chi connectivity index (χ0) is 15.9. The third-order valence-electron chi connectivity index (χ3n) is 4.43. The molecule has 0 saturated carbocycles. The van der Waals surface area contributed by atoms with Crippen molar-refractivity contribution in [3.8, 4) is 0 Å². The Bertz CT molecular complexity index is 475. The second kappa shape index (κ2) is 8.30. The monoisotopic (exact) mass is 303 g/mol. The minimum atomic E-state index is 0.101. The lowest BCUT2D eigenvalue weighted by atomic mass is 10.0. The minimum absolute atomic E-state index is 0.101. The summed E-state index contributed by atoms with van der Waals surface area (Å²) in [7, 11) is 0. The van der Waals surface area contributed by atoms with E-state index in [-0.39, 0.29) is 5.91 Å². The van der Waals surface area contributed by atoms with E-state index in [1.165, 1.54) is 0 Å². The van der Waals surface area contributed by atoms with Crippen molar-refractivity contribution in [2.45, 2.75) is 46.1 Å². The number of aryl methyl sites for hydroxylation is 2. The molecule has 22 heavy (non-hydrogen) atoms. The molecule has 2 rings (SSSR count). The lowest BCUT2D eigenvalue weighted by molar-refractivity contribution is -0.118. The number of para-hydroxylation sites is 1. The molecule has 0 unspecified atom stereocenters. The van der Waals surface area contributed by atoms with Gasteiger partial charge in [-0.25, -0.2) is 0 Å². The topological polar surface area (TPSA) is 44.4 Å². The number of anilines is 1. The first-order valence-electron chi connectivity index (χ1n) is 8.42. The van der Waals surface area contributed by atoms with Crippen LogP contribution in [0.4, 0.5) is 5.69 Å². The van der Waals surface area contributed by atoms with Gasteiger partial charge in [0, 0.05) is 11.7 Å². The highest BCUT2D eigenvalue weighted by atomic mass is 16.2. The minimum Gasteiger partial charge on any atom is -0.324 e. The van der Waals surface area contributed by atoms with Crippen LogP contribution in [0, 0.1) is 13.8 Å². The molecule has 4 nitrogen and oxygen atoms in total. The standard InChI is InChI=1S/C18H29N3O/c1-4-12-21(16-8-10-19-11-9-16)13-17(22)20-18-14(2)6-5-7-15(18)3/h5-7,16,19H,4,8-13H2,1-3H3,(H,20,22). The first kappa shape index (κ1) is 17.0. The lowest BCUT2D eigenvalue weighted by Gasteiger charge is -2.34. The lowest BCUT2D eigenvalue weighted by Crippen LogP contribution is -2.46. The van der Waals surface area contributed by atoms with Crippen molar-refractivity contribution in [2.24, 2.45) is 0 Å². The predicted molar refractivity (Wildman–Crippen MR) is 92.3 cm³/mol. The van der Waals surface area contributed by atoms with Gasteiger partial charge in [0.2, 0.25) is 5.91 Å². The molecule has 0 aromatic heterocycles. The van der Waals surface area contributed by atoms with E-state index in [1.807, 2.05) is 32.0 Å². The number of amides is 1. The first-order valence-corrected chi connectivity index (χ1v) is 8.42. The Morgan fingerprint density at radius 1 is 1.27 bits per heavy atom. The SMILES string of the molecule is CCCN(CC(=O)Nc1c(C)cccc1C)C1CCNCC1. The maximum absolute atomic E-state index is 12.5. The summed E-state index contributed by atoms with van der Waals surface area (Å²) in [6.07, 6.45) is 3.36. The highest BCUT2D eigenvalue weighted by molar-refractivity contribution is 5.93. The molecule has 0 spiro atoms. The summed E-state index contributed by atoms with van der Waals surface area (Å²) >= 11 is 0. The molecule has 0 bridgehead atoms. The fraction of sp³-hybridized carbons (Fsp3) is 0.611. The van der Waals surface area contributed by atoms with Crippen molar-refractivity contribution >= 4 is 11.6 Å². The Hall–Kier alpha value is -1.39. The molecule has 1 amide bonds. The van der Waals surface area contributed by atoms with Gasteiger partial charge < -0.3 is 10.6 Å². The van der Waals surface area contributed by atoms with Crippen LogP contribution in [0.3, 0.4) is 0 Å². The van der Waals surface area contributed by atoms with E-state index >= 15 is 0 Å². The third kappa shape index (κ3) is 4.55. The molecule has 1 heterocycles. The zero-order valence-corrected chi connectivity index (χ0v) is 14.1. The van der Waals surface area contributed by atoms with E-state index < -0.39 is 0 Å². The highest BCUT2D eigenvalue weighted by Gasteiger charge is 2.22. The number of carbonyl (C=O) groups is 1. The van der Waals surface area contributed by atoms with E-state index in [9.17, 15) is 4.79 Å². The van der Waals surface area contributed by atoms with E-state index in [1.54, 1.807) is 0 Å². The van der Waals surface area contributed by atoms with Gasteiger partial charge in [-0.1, -0.05) is 25.1 Å². The molecular weight excluding hydrogens is 274 g/mol. The van der Waals surface area contributed by atoms with Crippen molar-refractivity contribution in [3.63, 3.8) is 0 Å². The number of hydrogen-bond acceptors (Lipinski definition) is 3. The van der Waals surface area contributed by atoms with Gasteiger partial charge in [0.1, 0.15) is 0 Å². The van der Waals surface area contributed by atoms with E-state index in [4.69, 9.17) is 0 Å². The smallest absolute Gasteiger partial charge is 0.238 e. The summed E-state index contributed by atoms with van der Waals surface area (Å²) in [4.78, 5) is 14.8. The van der Waals surface area contributed by atoms with Gasteiger partial charge in [-0.05, 0) is 63.9 Å². The molecule has 0 radical (unpaired) electrons. The third-order valence-corrected chi connectivity index (χ3v) is 4.43. The summed E-state index contributed by atoms with van der Waals surface area (Å²) in [5.74, 6) is 0.101. The normalized spacial score (nSPS) is 16.0. The molecule has 1 fully saturated rings. The van der Waals surface area contributed by atoms with Gasteiger partial charge in [0.25, 0.3) is 0 Å². The summed E-state index contributed by atoms with van der Waals surface area (Å²) in [5, 5.41) is 6.50. The zero-order valence-electron chi connectivity index (χ0n) is 14.1. The number of nitrogens with one attached hydrogen (secondary N) is 2. The molecule has 122 valence electrons. The van der Waals surface area contributed by atoms with Crippen molar-refractivity contribution in [1.29, 1.82) is 0 Å². The predicted octanol–water partition coefficient (Wildman–Crippen LogP) is 2.71. The van der Waals surface area contributed by atoms with Crippen LogP contribution in [0.1, 0.15) is 37.3 Å². The second-order valence-electron chi connectivity index (χ2n) is 6.27. The van der Waals surface area contributed by atoms with Crippen LogP contribution in [0.5, 0.6) is 0 Å². The summed E-state index contributed by atoms with van der Waals surface area (Å²) in [5.41, 5.74) is 3.21. The van der Waals surface area contributed by atoms with Crippen molar-refractivity contribution < 1.29 is 4.79 Å². The highest BCUT2D eigenvalue weighted by Crippen LogP contribution is 2.20. The Balaban J connectivity index is 1.98. The number of nitrogens with zero attached hydrogens (tertiary/aromatic N) is 1. The van der Waals surface area contributed by atoms with Crippen molar-refractivity contribution in [1.82, 2.24) is 10.2 Å². The van der Waals surface area contributed by atoms with Gasteiger partial charge in [-0.15, -0.1) is 0 Å². The van der Waals surface area contributed by atoms with E-state index in [0.717, 1.165) is 55.7 Å². The van der Waals surface area contributed by atoms with Crippen LogP contribution in [0.15, 0.2) is 18.2 Å². The van der Waals surface area contributed by atoms with Crippen molar-refractivity contribution in [2.75, 3.05) is 31.5 Å². The van der Waals surface area contributed by atoms with Crippen molar-refractivity contribution in [3.05, 3.63) is 29.3 Å². The molecular formula is C18H29N3O. The van der Waals surface area contributed by atoms with E-state index in [0.29, 0.717) is 12.6 Å². The average molecular weight is 303 g/mol. The fourth-order valence-electron chi connectivity index (χ4n) is 3.22. The molecule has 0 aliphatic carbocycles. The van der Waals surface area contributed by atoms with Gasteiger partial charge in [-0.2, -0.15) is 0 Å². The van der Waals surface area contributed by atoms with Crippen LogP contribution in [0.25, 0.3) is 0 Å². The summed E-state index contributed by atoms with van der Waals surface area (Å²) < 4.78 is 0. The fourth-order valence-corrected chi connectivity index (χ4v) is 3.22. The number of benzene rings is 1. The maximum Gasteiger partial charge on any atom is 0.238 e. The number of carbonyl (C=O) groups excluding carboxylic acids is 1. The molecule has 1 saturated heterocycles. The van der Waals surface area contributed by atoms with Crippen LogP contribution in [0.2, 0.25) is 0 Å². The average Bonchev–Trinajstić information content (AvgIpc) is 2.51. The molecule has 1 aromatic rings. The second-order valence-corrected chi connectivity index (χ2v) is 6.27. The van der Waals surface area contributed by atoms with Gasteiger partial charge in [0.05, 0.1) is 6.54 Å². The van der Waals surface area contributed by atoms with Gasteiger partial charge in [-0.3, -0.25) is 9.69 Å². The molecule has 1 aliphatic rings. The van der Waals surface area contributed by atoms with E-state index in [2.05, 4.69) is 22.5 Å². The van der Waals surface area contributed by atoms with Gasteiger partial charge in [0.15, 0.2) is 0 Å². The van der Waals surface area contributed by atoms with Crippen LogP contribution in [-0.2, 0) is 4.79 Å². The number of hydrogen-bond donors (Lipinski definition) is 2. The first-order chi connectivity index (χ1) is 10.6. The maximum atomic E-state index is 12.5. The quantitative estimate of drug-likeness (QED) is 0.849. The Morgan fingerprint density at radius 2 is 1.91 bits per heavy atom. The Morgan fingerprint density at radius 3 is 2.50 bits per heavy atom. The van der Waals surface area contributed by atoms with Gasteiger partial charge >= 0.3 is 0 Å². The molecule has 2 N–H and O–H groups in total. The largest absolute Gasteiger partial charge is 0.324 e. The summed E-state index contributed by atoms with van der Waals surface area (Å²) in [6.45, 7) is 9.86.